The molecule has 3 aromatic rings. The average Bonchev–Trinajstić information content (AvgIpc) is 3.52. The van der Waals surface area contributed by atoms with Crippen LogP contribution in [-0.2, 0) is 25.7 Å². The zero-order valence-electron chi connectivity index (χ0n) is 26.2. The summed E-state index contributed by atoms with van der Waals surface area (Å²) in [6, 6.07) is 6.88. The van der Waals surface area contributed by atoms with E-state index in [1.165, 1.54) is 18.6 Å². The number of aliphatic carboxylic acids is 1. The summed E-state index contributed by atoms with van der Waals surface area (Å²) in [4.78, 5) is 60.2. The van der Waals surface area contributed by atoms with Gasteiger partial charge < -0.3 is 44.4 Å². The molecule has 0 aliphatic carbocycles. The number of aliphatic hydroxyl groups excluding tert-OH is 3. The molecule has 5 rings (SSSR count). The van der Waals surface area contributed by atoms with E-state index in [1.807, 2.05) is 18.0 Å². The molecule has 260 valence electrons. The predicted octanol–water partition coefficient (Wildman–Crippen LogP) is 0.382. The van der Waals surface area contributed by atoms with Gasteiger partial charge in [-0.2, -0.15) is 5.26 Å². The fraction of sp³-hybridized carbons (Fsp3) is 0.467. The van der Waals surface area contributed by atoms with Crippen LogP contribution in [0.15, 0.2) is 36.8 Å². The molecule has 7 atom stereocenters. The third-order valence-corrected chi connectivity index (χ3v) is 8.63. The summed E-state index contributed by atoms with van der Waals surface area (Å²) >= 11 is 0. The Balaban J connectivity index is 1.29. The number of carbonyl (C=O) groups is 3. The zero-order valence-corrected chi connectivity index (χ0v) is 26.2. The number of aromatic nitrogens is 3. The van der Waals surface area contributed by atoms with Crippen LogP contribution in [0.2, 0.25) is 0 Å². The van der Waals surface area contributed by atoms with Gasteiger partial charge in [-0.25, -0.2) is 24.1 Å². The minimum atomic E-state index is -1.98. The van der Waals surface area contributed by atoms with E-state index < -0.39 is 65.7 Å². The van der Waals surface area contributed by atoms with Crippen molar-refractivity contribution in [2.24, 2.45) is 5.92 Å². The summed E-state index contributed by atoms with van der Waals surface area (Å²) in [5.74, 6) is -1.65. The van der Waals surface area contributed by atoms with E-state index in [4.69, 9.17) is 19.5 Å². The Morgan fingerprint density at radius 3 is 2.63 bits per heavy atom. The van der Waals surface area contributed by atoms with Gasteiger partial charge in [0.2, 0.25) is 12.2 Å². The van der Waals surface area contributed by atoms with Gasteiger partial charge in [-0.1, -0.05) is 13.0 Å². The number of benzene rings is 1. The lowest BCUT2D eigenvalue weighted by Gasteiger charge is -2.42. The van der Waals surface area contributed by atoms with Crippen molar-refractivity contribution in [3.05, 3.63) is 52.5 Å². The lowest BCUT2D eigenvalue weighted by molar-refractivity contribution is -0.387. The number of ether oxygens (including phenoxy) is 3. The first kappa shape index (κ1) is 34.9. The van der Waals surface area contributed by atoms with Gasteiger partial charge in [0, 0.05) is 32.4 Å². The topological polar surface area (TPSA) is 264 Å². The lowest BCUT2D eigenvalue weighted by Crippen LogP contribution is -2.61. The number of nitriles is 1. The number of carbonyl (C=O) groups excluding carboxylic acids is 2. The highest BCUT2D eigenvalue weighted by Gasteiger charge is 2.48. The lowest BCUT2D eigenvalue weighted by atomic mass is 9.92. The van der Waals surface area contributed by atoms with Crippen LogP contribution < -0.4 is 9.64 Å². The number of carboxylic acid groups (broad SMARTS) is 1. The van der Waals surface area contributed by atoms with E-state index in [0.29, 0.717) is 24.3 Å². The van der Waals surface area contributed by atoms with Crippen molar-refractivity contribution in [3.8, 4) is 11.8 Å². The van der Waals surface area contributed by atoms with Crippen molar-refractivity contribution >= 4 is 40.5 Å². The maximum absolute atomic E-state index is 13.1. The molecular formula is C30H33N7O12. The standard InChI is InChI=1S/C30H33N7O12/c1-15-6-9-35(21(38)5-8-31)12-19(15)34(2)26-17-7-10-36(27(17)33-14-32-26)30(44)47-13-16-3-4-20(18(11-16)37(45)46)48-29-24(41)22(39)23(40)25(49-29)28(42)43/h3-4,7,10-11,14-15,19,22-25,29,39-41H,5-6,9,12-13H2,1-2H3,(H,42,43)/t15-,19+,22+,23+,24-,25+,29-/m1/s1. The number of nitrogens with zero attached hydrogens (tertiary/aromatic N) is 7. The molecule has 19 nitrogen and oxygen atoms in total. The second-order valence-corrected chi connectivity index (χ2v) is 11.7. The first-order valence-electron chi connectivity index (χ1n) is 15.1. The van der Waals surface area contributed by atoms with Crippen molar-refractivity contribution in [3.63, 3.8) is 0 Å². The fourth-order valence-corrected chi connectivity index (χ4v) is 5.87. The molecule has 2 aromatic heterocycles. The molecule has 0 unspecified atom stereocenters. The summed E-state index contributed by atoms with van der Waals surface area (Å²) in [6.45, 7) is 2.59. The Labute approximate surface area is 277 Å². The molecule has 49 heavy (non-hydrogen) atoms. The van der Waals surface area contributed by atoms with Crippen LogP contribution in [0.3, 0.4) is 0 Å². The van der Waals surface area contributed by atoms with Gasteiger partial charge in [-0.3, -0.25) is 14.9 Å². The Morgan fingerprint density at radius 2 is 1.94 bits per heavy atom. The Morgan fingerprint density at radius 1 is 1.18 bits per heavy atom. The predicted molar refractivity (Wildman–Crippen MR) is 164 cm³/mol. The molecule has 1 amide bonds. The van der Waals surface area contributed by atoms with E-state index in [-0.39, 0.29) is 35.5 Å². The number of hydrogen-bond donors (Lipinski definition) is 4. The maximum atomic E-state index is 13.1. The molecule has 2 aliphatic rings. The first-order valence-corrected chi connectivity index (χ1v) is 15.1. The highest BCUT2D eigenvalue weighted by Crippen LogP contribution is 2.33. The van der Waals surface area contributed by atoms with Gasteiger partial charge in [-0.15, -0.1) is 0 Å². The SMILES string of the molecule is C[C@@H]1CCN(C(=O)CC#N)C[C@@H]1N(C)c1ncnc2c1ccn2C(=O)OCc1ccc(O[C@@H]2O[C@H](C(=O)O)[C@@H](O)[C@H](O)[C@H]2O)c([N+](=O)[O-])c1. The van der Waals surface area contributed by atoms with Crippen molar-refractivity contribution in [2.75, 3.05) is 25.0 Å². The van der Waals surface area contributed by atoms with Gasteiger partial charge in [0.25, 0.3) is 0 Å². The van der Waals surface area contributed by atoms with Crippen LogP contribution in [0, 0.1) is 27.4 Å². The normalized spacial score (nSPS) is 25.3. The minimum Gasteiger partial charge on any atom is -0.479 e. The van der Waals surface area contributed by atoms with E-state index in [2.05, 4.69) is 16.9 Å². The average molecular weight is 684 g/mol. The quantitative estimate of drug-likeness (QED) is 0.175. The van der Waals surface area contributed by atoms with Crippen LogP contribution in [0.25, 0.3) is 11.0 Å². The number of amides is 1. The molecule has 4 heterocycles. The van der Waals surface area contributed by atoms with Gasteiger partial charge in [0.1, 0.15) is 43.5 Å². The number of nitro benzene ring substituents is 1. The number of piperidine rings is 1. The van der Waals surface area contributed by atoms with E-state index >= 15 is 0 Å². The molecule has 19 heteroatoms. The molecule has 1 aromatic carbocycles. The third kappa shape index (κ3) is 7.07. The molecule has 2 aliphatic heterocycles. The van der Waals surface area contributed by atoms with Crippen LogP contribution in [0.1, 0.15) is 25.3 Å². The number of likely N-dealkylation sites (tertiary alicyclic amines) is 1. The van der Waals surface area contributed by atoms with Crippen molar-refractivity contribution in [1.29, 1.82) is 5.26 Å². The van der Waals surface area contributed by atoms with E-state index in [1.54, 1.807) is 11.0 Å². The Hall–Kier alpha value is -5.42. The highest BCUT2D eigenvalue weighted by atomic mass is 16.7. The summed E-state index contributed by atoms with van der Waals surface area (Å²) in [7, 11) is 1.83. The van der Waals surface area contributed by atoms with Crippen molar-refractivity contribution in [1.82, 2.24) is 19.4 Å². The molecule has 0 radical (unpaired) electrons. The number of fused-ring (bicyclic) bond motifs is 1. The Bertz CT molecular complexity index is 1790. The van der Waals surface area contributed by atoms with E-state index in [0.717, 1.165) is 23.1 Å². The second kappa shape index (κ2) is 14.4. The van der Waals surface area contributed by atoms with Gasteiger partial charge in [0.15, 0.2) is 17.5 Å². The van der Waals surface area contributed by atoms with Crippen LogP contribution >= 0.6 is 0 Å². The molecule has 0 bridgehead atoms. The summed E-state index contributed by atoms with van der Waals surface area (Å²) < 4.78 is 16.9. The first-order chi connectivity index (χ1) is 23.3. The van der Waals surface area contributed by atoms with Crippen molar-refractivity contribution < 1.29 is 53.9 Å². The van der Waals surface area contributed by atoms with E-state index in [9.17, 15) is 44.9 Å². The number of aliphatic hydroxyl groups is 3. The van der Waals surface area contributed by atoms with Crippen LogP contribution in [0.4, 0.5) is 16.3 Å². The maximum Gasteiger partial charge on any atom is 0.420 e. The monoisotopic (exact) mass is 683 g/mol. The minimum absolute atomic E-state index is 0.129. The highest BCUT2D eigenvalue weighted by molar-refractivity contribution is 5.93. The van der Waals surface area contributed by atoms with Gasteiger partial charge in [-0.05, 0) is 30.0 Å². The largest absolute Gasteiger partial charge is 0.479 e. The summed E-state index contributed by atoms with van der Waals surface area (Å²) in [6.07, 6.45) is -7.33. The zero-order chi connectivity index (χ0) is 35.6. The number of carboxylic acids is 1. The molecule has 2 fully saturated rings. The molecular weight excluding hydrogens is 650 g/mol. The number of rotatable bonds is 9. The number of anilines is 1. The second-order valence-electron chi connectivity index (χ2n) is 11.7. The van der Waals surface area contributed by atoms with Crippen molar-refractivity contribution in [2.45, 2.75) is 63.1 Å². The summed E-state index contributed by atoms with van der Waals surface area (Å²) in [5.41, 5.74) is -0.242. The number of likely N-dealkylation sites (N-methyl/N-ethyl adjacent to an activating group) is 1. The van der Waals surface area contributed by atoms with Crippen LogP contribution in [-0.4, -0.2) is 120 Å². The van der Waals surface area contributed by atoms with Gasteiger partial charge in [0.05, 0.1) is 22.4 Å². The molecule has 4 N–H and O–H groups in total. The van der Waals surface area contributed by atoms with Gasteiger partial charge >= 0.3 is 17.7 Å². The number of hydrogen-bond acceptors (Lipinski definition) is 15. The summed E-state index contributed by atoms with van der Waals surface area (Å²) in [5, 5.41) is 60.6. The van der Waals surface area contributed by atoms with Crippen LogP contribution in [0.5, 0.6) is 5.75 Å². The molecule has 0 saturated carbocycles. The fourth-order valence-electron chi connectivity index (χ4n) is 5.87. The number of nitro groups is 1. The molecule has 0 spiro atoms. The smallest absolute Gasteiger partial charge is 0.420 e. The third-order valence-electron chi connectivity index (χ3n) is 8.63. The molecule has 2 saturated heterocycles. The Kier molecular flexibility index (Phi) is 10.2.